The van der Waals surface area contributed by atoms with E-state index in [0.29, 0.717) is 10.6 Å². The van der Waals surface area contributed by atoms with Gasteiger partial charge in [0.05, 0.1) is 11.7 Å². The van der Waals surface area contributed by atoms with E-state index in [4.69, 9.17) is 0 Å². The van der Waals surface area contributed by atoms with Crippen LogP contribution in [0.4, 0.5) is 0 Å². The van der Waals surface area contributed by atoms with E-state index in [-0.39, 0.29) is 12.5 Å². The molecule has 5 heteroatoms. The Balaban J connectivity index is 2.20. The van der Waals surface area contributed by atoms with Crippen molar-refractivity contribution in [2.24, 2.45) is 0 Å². The fourth-order valence-electron chi connectivity index (χ4n) is 1.87. The Morgan fingerprint density at radius 2 is 2.09 bits per heavy atom. The number of carbonyl (C=O) groups excluding carboxylic acids is 1. The molecule has 0 aliphatic carbocycles. The van der Waals surface area contributed by atoms with Crippen molar-refractivity contribution in [3.63, 3.8) is 0 Å². The van der Waals surface area contributed by atoms with Gasteiger partial charge in [-0.05, 0) is 56.2 Å². The first-order valence-corrected chi connectivity index (χ1v) is 7.95. The summed E-state index contributed by atoms with van der Waals surface area (Å²) in [6, 6.07) is 9.66. The number of nitrogens with zero attached hydrogens (tertiary/aromatic N) is 1. The Hall–Kier alpha value is -1.85. The monoisotopic (exact) mass is 316 g/mol. The minimum Gasteiger partial charge on any atom is -0.392 e. The van der Waals surface area contributed by atoms with Crippen LogP contribution in [-0.4, -0.2) is 28.6 Å². The second kappa shape index (κ2) is 7.42. The quantitative estimate of drug-likeness (QED) is 0.890. The predicted octanol–water partition coefficient (Wildman–Crippen LogP) is 2.96. The van der Waals surface area contributed by atoms with E-state index in [1.807, 2.05) is 6.07 Å². The minimum atomic E-state index is -0.573. The van der Waals surface area contributed by atoms with Crippen LogP contribution in [0, 0.1) is 13.8 Å². The fourth-order valence-corrected chi connectivity index (χ4v) is 2.85. The van der Waals surface area contributed by atoms with Gasteiger partial charge in [0.1, 0.15) is 5.03 Å². The second-order valence-electron chi connectivity index (χ2n) is 5.26. The molecule has 0 saturated heterocycles. The van der Waals surface area contributed by atoms with Gasteiger partial charge in [0.15, 0.2) is 0 Å². The van der Waals surface area contributed by atoms with Crippen molar-refractivity contribution in [3.05, 3.63) is 53.2 Å². The largest absolute Gasteiger partial charge is 0.392 e. The molecule has 1 heterocycles. The van der Waals surface area contributed by atoms with Gasteiger partial charge in [0, 0.05) is 17.6 Å². The Labute approximate surface area is 135 Å². The van der Waals surface area contributed by atoms with Crippen molar-refractivity contribution < 1.29 is 9.90 Å². The molecule has 1 amide bonds. The van der Waals surface area contributed by atoms with Gasteiger partial charge >= 0.3 is 0 Å². The molecule has 0 bridgehead atoms. The summed E-state index contributed by atoms with van der Waals surface area (Å²) < 4.78 is 0. The second-order valence-corrected chi connectivity index (χ2v) is 6.33. The molecule has 0 aliphatic rings. The molecule has 1 aromatic heterocycles. The van der Waals surface area contributed by atoms with E-state index in [2.05, 4.69) is 36.3 Å². The van der Waals surface area contributed by atoms with Crippen LogP contribution in [0.25, 0.3) is 0 Å². The van der Waals surface area contributed by atoms with Crippen LogP contribution < -0.4 is 5.32 Å². The molecule has 0 radical (unpaired) electrons. The first kappa shape index (κ1) is 16.5. The molecule has 22 heavy (non-hydrogen) atoms. The highest BCUT2D eigenvalue weighted by atomic mass is 32.2. The minimum absolute atomic E-state index is 0.222. The van der Waals surface area contributed by atoms with Crippen LogP contribution in [-0.2, 0) is 0 Å². The van der Waals surface area contributed by atoms with Crippen molar-refractivity contribution in [2.75, 3.05) is 6.54 Å². The van der Waals surface area contributed by atoms with E-state index in [0.717, 1.165) is 4.90 Å². The summed E-state index contributed by atoms with van der Waals surface area (Å²) in [5.74, 6) is -0.222. The molecule has 2 aromatic rings. The molecule has 2 N–H and O–H groups in total. The normalized spacial score (nSPS) is 12.0. The summed E-state index contributed by atoms with van der Waals surface area (Å²) in [5.41, 5.74) is 2.97. The van der Waals surface area contributed by atoms with Gasteiger partial charge in [-0.25, -0.2) is 4.98 Å². The molecule has 4 nitrogen and oxygen atoms in total. The average Bonchev–Trinajstić information content (AvgIpc) is 2.49. The molecule has 1 atom stereocenters. The van der Waals surface area contributed by atoms with Gasteiger partial charge in [0.25, 0.3) is 5.91 Å². The highest BCUT2D eigenvalue weighted by Gasteiger charge is 2.14. The van der Waals surface area contributed by atoms with Crippen molar-refractivity contribution in [1.29, 1.82) is 0 Å². The number of hydrogen-bond donors (Lipinski definition) is 2. The Kier molecular flexibility index (Phi) is 5.57. The van der Waals surface area contributed by atoms with Crippen LogP contribution in [0.5, 0.6) is 0 Å². The number of hydrogen-bond acceptors (Lipinski definition) is 4. The third kappa shape index (κ3) is 4.32. The number of nitrogens with one attached hydrogen (secondary N) is 1. The molecular formula is C17H20N2O2S. The third-order valence-electron chi connectivity index (χ3n) is 3.27. The summed E-state index contributed by atoms with van der Waals surface area (Å²) in [5, 5.41) is 12.6. The highest BCUT2D eigenvalue weighted by Crippen LogP contribution is 2.29. The summed E-state index contributed by atoms with van der Waals surface area (Å²) in [6.45, 7) is 5.99. The topological polar surface area (TPSA) is 62.2 Å². The maximum absolute atomic E-state index is 12.2. The summed E-state index contributed by atoms with van der Waals surface area (Å²) in [4.78, 5) is 17.6. The van der Waals surface area contributed by atoms with Crippen LogP contribution >= 0.6 is 11.8 Å². The fraction of sp³-hybridized carbons (Fsp3) is 0.294. The Bertz CT molecular complexity index is 671. The lowest BCUT2D eigenvalue weighted by atomic mass is 10.1. The number of amides is 1. The number of pyridine rings is 1. The highest BCUT2D eigenvalue weighted by molar-refractivity contribution is 7.99. The van der Waals surface area contributed by atoms with Crippen molar-refractivity contribution in [1.82, 2.24) is 10.3 Å². The molecule has 0 saturated carbocycles. The van der Waals surface area contributed by atoms with Gasteiger partial charge in [-0.15, -0.1) is 0 Å². The van der Waals surface area contributed by atoms with Crippen LogP contribution in [0.15, 0.2) is 46.5 Å². The number of carbonyl (C=O) groups is 1. The van der Waals surface area contributed by atoms with E-state index < -0.39 is 6.10 Å². The van der Waals surface area contributed by atoms with E-state index in [1.165, 1.54) is 22.9 Å². The van der Waals surface area contributed by atoms with Gasteiger partial charge in [-0.3, -0.25) is 4.79 Å². The molecule has 2 rings (SSSR count). The molecule has 1 aromatic carbocycles. The number of aryl methyl sites for hydroxylation is 2. The summed E-state index contributed by atoms with van der Waals surface area (Å²) in [6.07, 6.45) is 1.10. The number of aliphatic hydroxyl groups is 1. The number of rotatable bonds is 5. The first-order chi connectivity index (χ1) is 10.5. The summed E-state index contributed by atoms with van der Waals surface area (Å²) >= 11 is 1.47. The van der Waals surface area contributed by atoms with E-state index in [9.17, 15) is 9.90 Å². The molecule has 0 spiro atoms. The number of aromatic nitrogens is 1. The van der Waals surface area contributed by atoms with E-state index in [1.54, 1.807) is 25.3 Å². The smallest absolute Gasteiger partial charge is 0.254 e. The average molecular weight is 316 g/mol. The molecule has 0 aliphatic heterocycles. The lowest BCUT2D eigenvalue weighted by molar-refractivity contribution is 0.0920. The van der Waals surface area contributed by atoms with Crippen molar-refractivity contribution >= 4 is 17.7 Å². The first-order valence-electron chi connectivity index (χ1n) is 7.13. The maximum atomic E-state index is 12.2. The molecule has 1 unspecified atom stereocenters. The van der Waals surface area contributed by atoms with Crippen LogP contribution in [0.2, 0.25) is 0 Å². The standard InChI is InChI=1S/C17H20N2O2S/c1-11-6-7-14(9-12(11)2)22-17-15(5-4-8-18-17)16(21)19-10-13(3)20/h4-9,13,20H,10H2,1-3H3,(H,19,21). The SMILES string of the molecule is Cc1ccc(Sc2ncccc2C(=O)NCC(C)O)cc1C. The lowest BCUT2D eigenvalue weighted by Crippen LogP contribution is -2.30. The zero-order valence-electron chi connectivity index (χ0n) is 13.0. The number of aliphatic hydroxyl groups excluding tert-OH is 1. The Morgan fingerprint density at radius 1 is 1.32 bits per heavy atom. The van der Waals surface area contributed by atoms with Gasteiger partial charge < -0.3 is 10.4 Å². The van der Waals surface area contributed by atoms with Gasteiger partial charge in [0.2, 0.25) is 0 Å². The van der Waals surface area contributed by atoms with Crippen LogP contribution in [0.3, 0.4) is 0 Å². The van der Waals surface area contributed by atoms with Gasteiger partial charge in [-0.2, -0.15) is 0 Å². The molecular weight excluding hydrogens is 296 g/mol. The zero-order valence-corrected chi connectivity index (χ0v) is 13.8. The van der Waals surface area contributed by atoms with Crippen LogP contribution in [0.1, 0.15) is 28.4 Å². The van der Waals surface area contributed by atoms with E-state index >= 15 is 0 Å². The van der Waals surface area contributed by atoms with Crippen molar-refractivity contribution in [2.45, 2.75) is 36.8 Å². The molecule has 116 valence electrons. The number of benzene rings is 1. The van der Waals surface area contributed by atoms with Gasteiger partial charge in [-0.1, -0.05) is 17.8 Å². The predicted molar refractivity (Wildman–Crippen MR) is 88.3 cm³/mol. The third-order valence-corrected chi connectivity index (χ3v) is 4.28. The summed E-state index contributed by atoms with van der Waals surface area (Å²) in [7, 11) is 0. The maximum Gasteiger partial charge on any atom is 0.254 e. The van der Waals surface area contributed by atoms with Crippen molar-refractivity contribution in [3.8, 4) is 0 Å². The molecule has 0 fully saturated rings. The lowest BCUT2D eigenvalue weighted by Gasteiger charge is -2.10. The zero-order chi connectivity index (χ0) is 16.1. The Morgan fingerprint density at radius 3 is 2.77 bits per heavy atom.